The van der Waals surface area contributed by atoms with Crippen molar-refractivity contribution in [1.29, 1.82) is 0 Å². The standard InChI is InChI=1S/C10H12N2O2S/c1-6-7(10(13)14)5-11-9(12-6)8-3-2-4-15-8/h5,8H,2-4H2,1H3,(H,13,14). The monoisotopic (exact) mass is 224 g/mol. The molecule has 0 saturated carbocycles. The minimum Gasteiger partial charge on any atom is -0.478 e. The number of carbonyl (C=O) groups is 1. The lowest BCUT2D eigenvalue weighted by Crippen LogP contribution is -2.07. The van der Waals surface area contributed by atoms with Crippen LogP contribution in [-0.4, -0.2) is 26.8 Å². The lowest BCUT2D eigenvalue weighted by atomic mass is 10.2. The number of hydrogen-bond acceptors (Lipinski definition) is 4. The van der Waals surface area contributed by atoms with E-state index >= 15 is 0 Å². The van der Waals surface area contributed by atoms with Crippen LogP contribution in [0.4, 0.5) is 0 Å². The molecule has 0 amide bonds. The zero-order chi connectivity index (χ0) is 10.8. The Labute approximate surface area is 92.1 Å². The fourth-order valence-electron chi connectivity index (χ4n) is 1.63. The third-order valence-electron chi connectivity index (χ3n) is 2.45. The van der Waals surface area contributed by atoms with Gasteiger partial charge in [-0.2, -0.15) is 11.8 Å². The molecule has 5 heteroatoms. The van der Waals surface area contributed by atoms with Gasteiger partial charge in [0.2, 0.25) is 0 Å². The van der Waals surface area contributed by atoms with E-state index in [9.17, 15) is 4.79 Å². The molecule has 1 aliphatic rings. The summed E-state index contributed by atoms with van der Waals surface area (Å²) in [5.41, 5.74) is 0.752. The fraction of sp³-hybridized carbons (Fsp3) is 0.500. The lowest BCUT2D eigenvalue weighted by molar-refractivity contribution is 0.0695. The van der Waals surface area contributed by atoms with Gasteiger partial charge >= 0.3 is 5.97 Å². The van der Waals surface area contributed by atoms with Gasteiger partial charge in [0.1, 0.15) is 5.82 Å². The maximum Gasteiger partial charge on any atom is 0.339 e. The zero-order valence-electron chi connectivity index (χ0n) is 8.43. The van der Waals surface area contributed by atoms with Crippen LogP contribution < -0.4 is 0 Å². The molecule has 1 N–H and O–H groups in total. The molecular weight excluding hydrogens is 212 g/mol. The van der Waals surface area contributed by atoms with E-state index in [0.717, 1.165) is 18.0 Å². The average Bonchev–Trinajstić information content (AvgIpc) is 2.69. The highest BCUT2D eigenvalue weighted by molar-refractivity contribution is 7.99. The number of aromatic carboxylic acids is 1. The molecule has 80 valence electrons. The Morgan fingerprint density at radius 2 is 2.47 bits per heavy atom. The minimum absolute atomic E-state index is 0.196. The first kappa shape index (κ1) is 10.4. The molecule has 15 heavy (non-hydrogen) atoms. The first-order valence-electron chi connectivity index (χ1n) is 4.87. The van der Waals surface area contributed by atoms with Crippen LogP contribution in [-0.2, 0) is 0 Å². The second kappa shape index (κ2) is 4.18. The minimum atomic E-state index is -0.960. The molecule has 0 spiro atoms. The third-order valence-corrected chi connectivity index (χ3v) is 3.82. The van der Waals surface area contributed by atoms with Crippen molar-refractivity contribution in [2.24, 2.45) is 0 Å². The van der Waals surface area contributed by atoms with Crippen molar-refractivity contribution in [3.05, 3.63) is 23.3 Å². The summed E-state index contributed by atoms with van der Waals surface area (Å²) in [7, 11) is 0. The van der Waals surface area contributed by atoms with Crippen LogP contribution in [0.1, 0.15) is 40.0 Å². The summed E-state index contributed by atoms with van der Waals surface area (Å²) in [6.07, 6.45) is 3.70. The van der Waals surface area contributed by atoms with E-state index in [1.807, 2.05) is 11.8 Å². The van der Waals surface area contributed by atoms with Gasteiger partial charge in [0.05, 0.1) is 16.5 Å². The molecule has 2 heterocycles. The second-order valence-corrected chi connectivity index (χ2v) is 4.84. The van der Waals surface area contributed by atoms with E-state index in [1.165, 1.54) is 12.6 Å². The average molecular weight is 224 g/mol. The fourth-order valence-corrected chi connectivity index (χ4v) is 2.85. The number of hydrogen-bond donors (Lipinski definition) is 1. The Bertz CT molecular complexity index is 389. The van der Waals surface area contributed by atoms with Gasteiger partial charge in [-0.25, -0.2) is 14.8 Å². The highest BCUT2D eigenvalue weighted by Crippen LogP contribution is 2.38. The van der Waals surface area contributed by atoms with Gasteiger partial charge in [-0.3, -0.25) is 0 Å². The molecule has 0 aliphatic carbocycles. The second-order valence-electron chi connectivity index (χ2n) is 3.53. The molecule has 0 bridgehead atoms. The van der Waals surface area contributed by atoms with Crippen LogP contribution in [0.3, 0.4) is 0 Å². The summed E-state index contributed by atoms with van der Waals surface area (Å²) in [5.74, 6) is 0.964. The molecular formula is C10H12N2O2S. The van der Waals surface area contributed by atoms with Crippen molar-refractivity contribution >= 4 is 17.7 Å². The SMILES string of the molecule is Cc1nc(C2CCCS2)ncc1C(=O)O. The van der Waals surface area contributed by atoms with Crippen LogP contribution in [0, 0.1) is 6.92 Å². The molecule has 1 aromatic rings. The van der Waals surface area contributed by atoms with Gasteiger partial charge < -0.3 is 5.11 Å². The Morgan fingerprint density at radius 1 is 1.67 bits per heavy atom. The van der Waals surface area contributed by atoms with Crippen molar-refractivity contribution in [2.75, 3.05) is 5.75 Å². The summed E-state index contributed by atoms with van der Waals surface area (Å²) >= 11 is 1.85. The van der Waals surface area contributed by atoms with Gasteiger partial charge in [0, 0.05) is 6.20 Å². The van der Waals surface area contributed by atoms with Gasteiger partial charge in [-0.15, -0.1) is 0 Å². The maximum absolute atomic E-state index is 10.8. The molecule has 4 nitrogen and oxygen atoms in total. The molecule has 1 saturated heterocycles. The van der Waals surface area contributed by atoms with Gasteiger partial charge in [0.25, 0.3) is 0 Å². The van der Waals surface area contributed by atoms with Crippen molar-refractivity contribution in [1.82, 2.24) is 9.97 Å². The Balaban J connectivity index is 2.28. The lowest BCUT2D eigenvalue weighted by Gasteiger charge is -2.08. The molecule has 1 atom stereocenters. The summed E-state index contributed by atoms with van der Waals surface area (Å²) in [5, 5.41) is 9.19. The predicted molar refractivity (Wildman–Crippen MR) is 58.2 cm³/mol. The van der Waals surface area contributed by atoms with Crippen molar-refractivity contribution in [3.8, 4) is 0 Å². The Hall–Kier alpha value is -1.10. The number of carboxylic acids is 1. The molecule has 1 aliphatic heterocycles. The number of aryl methyl sites for hydroxylation is 1. The van der Waals surface area contributed by atoms with Crippen LogP contribution in [0.5, 0.6) is 0 Å². The molecule has 0 radical (unpaired) electrons. The van der Waals surface area contributed by atoms with Crippen molar-refractivity contribution in [2.45, 2.75) is 25.0 Å². The normalized spacial score (nSPS) is 20.5. The largest absolute Gasteiger partial charge is 0.478 e. The Morgan fingerprint density at radius 3 is 3.00 bits per heavy atom. The molecule has 1 unspecified atom stereocenters. The molecule has 0 aromatic carbocycles. The van der Waals surface area contributed by atoms with E-state index in [2.05, 4.69) is 9.97 Å². The predicted octanol–water partition coefficient (Wildman–Crippen LogP) is 2.05. The molecule has 1 fully saturated rings. The number of aromatic nitrogens is 2. The topological polar surface area (TPSA) is 63.1 Å². The Kier molecular flexibility index (Phi) is 2.90. The van der Waals surface area contributed by atoms with Crippen LogP contribution in [0.15, 0.2) is 6.20 Å². The van der Waals surface area contributed by atoms with Crippen molar-refractivity contribution in [3.63, 3.8) is 0 Å². The molecule has 2 rings (SSSR count). The third kappa shape index (κ3) is 2.12. The van der Waals surface area contributed by atoms with Crippen LogP contribution in [0.2, 0.25) is 0 Å². The summed E-state index contributed by atoms with van der Waals surface area (Å²) in [6.45, 7) is 1.72. The molecule has 1 aromatic heterocycles. The van der Waals surface area contributed by atoms with Gasteiger partial charge in [-0.1, -0.05) is 0 Å². The van der Waals surface area contributed by atoms with Gasteiger partial charge in [-0.05, 0) is 25.5 Å². The first-order chi connectivity index (χ1) is 7.18. The summed E-state index contributed by atoms with van der Waals surface area (Å²) < 4.78 is 0. The quantitative estimate of drug-likeness (QED) is 0.833. The zero-order valence-corrected chi connectivity index (χ0v) is 9.25. The summed E-state index contributed by atoms with van der Waals surface area (Å²) in [6, 6.07) is 0. The van der Waals surface area contributed by atoms with E-state index in [-0.39, 0.29) is 5.56 Å². The van der Waals surface area contributed by atoms with E-state index < -0.39 is 5.97 Å². The van der Waals surface area contributed by atoms with Gasteiger partial charge in [0.15, 0.2) is 0 Å². The number of thioether (sulfide) groups is 1. The van der Waals surface area contributed by atoms with Crippen molar-refractivity contribution < 1.29 is 9.90 Å². The summed E-state index contributed by atoms with van der Waals surface area (Å²) in [4.78, 5) is 19.2. The van der Waals surface area contributed by atoms with E-state index in [0.29, 0.717) is 10.9 Å². The highest BCUT2D eigenvalue weighted by Gasteiger charge is 2.21. The van der Waals surface area contributed by atoms with Crippen LogP contribution in [0.25, 0.3) is 0 Å². The first-order valence-corrected chi connectivity index (χ1v) is 5.92. The van der Waals surface area contributed by atoms with Crippen LogP contribution >= 0.6 is 11.8 Å². The maximum atomic E-state index is 10.8. The number of rotatable bonds is 2. The van der Waals surface area contributed by atoms with E-state index in [1.54, 1.807) is 6.92 Å². The highest BCUT2D eigenvalue weighted by atomic mass is 32.2. The number of nitrogens with zero attached hydrogens (tertiary/aromatic N) is 2. The smallest absolute Gasteiger partial charge is 0.339 e. The van der Waals surface area contributed by atoms with E-state index in [4.69, 9.17) is 5.11 Å². The number of carboxylic acid groups (broad SMARTS) is 1.